The topological polar surface area (TPSA) is 46.2 Å². The molecule has 0 aliphatic heterocycles. The largest absolute Gasteiger partial charge is 0.396 e. The third-order valence-electron chi connectivity index (χ3n) is 2.55. The van der Waals surface area contributed by atoms with Gasteiger partial charge in [0.1, 0.15) is 17.7 Å². The van der Waals surface area contributed by atoms with Crippen molar-refractivity contribution in [1.29, 1.82) is 0 Å². The highest BCUT2D eigenvalue weighted by atomic mass is 19.1. The summed E-state index contributed by atoms with van der Waals surface area (Å²) in [6.45, 7) is 0. The van der Waals surface area contributed by atoms with Gasteiger partial charge >= 0.3 is 0 Å². The summed E-state index contributed by atoms with van der Waals surface area (Å²) in [7, 11) is 0. The van der Waals surface area contributed by atoms with Crippen LogP contribution in [0, 0.1) is 11.6 Å². The Morgan fingerprint density at radius 1 is 1.06 bits per heavy atom. The second kappa shape index (κ2) is 4.51. The van der Waals surface area contributed by atoms with Crippen molar-refractivity contribution >= 4 is 5.69 Å². The number of nitrogens with two attached hydrogens (primary N) is 1. The second-order valence-electron chi connectivity index (χ2n) is 3.70. The Labute approximate surface area is 97.3 Å². The number of nitrogen functional groups attached to an aromatic ring is 1. The van der Waals surface area contributed by atoms with Crippen molar-refractivity contribution in [2.24, 2.45) is 0 Å². The Hall–Kier alpha value is -1.94. The molecule has 0 aromatic heterocycles. The SMILES string of the molecule is Nc1c(F)cccc1C(O)c1cccc(F)c1. The highest BCUT2D eigenvalue weighted by Gasteiger charge is 2.15. The first kappa shape index (κ1) is 11.5. The second-order valence-corrected chi connectivity index (χ2v) is 3.70. The van der Waals surface area contributed by atoms with Crippen LogP contribution in [0.3, 0.4) is 0 Å². The third-order valence-corrected chi connectivity index (χ3v) is 2.55. The van der Waals surface area contributed by atoms with Gasteiger partial charge in [-0.25, -0.2) is 8.78 Å². The Morgan fingerprint density at radius 3 is 2.47 bits per heavy atom. The fourth-order valence-corrected chi connectivity index (χ4v) is 1.65. The van der Waals surface area contributed by atoms with Crippen LogP contribution in [-0.4, -0.2) is 5.11 Å². The Bertz CT molecular complexity index is 543. The monoisotopic (exact) mass is 235 g/mol. The number of halogens is 2. The number of hydrogen-bond acceptors (Lipinski definition) is 2. The van der Waals surface area contributed by atoms with Gasteiger partial charge in [-0.15, -0.1) is 0 Å². The van der Waals surface area contributed by atoms with E-state index in [0.717, 1.165) is 0 Å². The van der Waals surface area contributed by atoms with Crippen LogP contribution in [0.2, 0.25) is 0 Å². The summed E-state index contributed by atoms with van der Waals surface area (Å²) in [5.74, 6) is -1.06. The van der Waals surface area contributed by atoms with Gasteiger partial charge in [-0.2, -0.15) is 0 Å². The minimum absolute atomic E-state index is 0.121. The Morgan fingerprint density at radius 2 is 1.76 bits per heavy atom. The van der Waals surface area contributed by atoms with E-state index in [1.165, 1.54) is 36.4 Å². The van der Waals surface area contributed by atoms with Crippen molar-refractivity contribution in [3.8, 4) is 0 Å². The number of aliphatic hydroxyl groups excluding tert-OH is 1. The molecular weight excluding hydrogens is 224 g/mol. The molecule has 1 unspecified atom stereocenters. The van der Waals surface area contributed by atoms with E-state index in [0.29, 0.717) is 5.56 Å². The molecule has 0 fully saturated rings. The van der Waals surface area contributed by atoms with E-state index in [4.69, 9.17) is 5.73 Å². The molecule has 0 amide bonds. The van der Waals surface area contributed by atoms with Gasteiger partial charge < -0.3 is 10.8 Å². The lowest BCUT2D eigenvalue weighted by atomic mass is 10.00. The molecule has 2 rings (SSSR count). The lowest BCUT2D eigenvalue weighted by Gasteiger charge is -2.14. The lowest BCUT2D eigenvalue weighted by Crippen LogP contribution is -2.05. The van der Waals surface area contributed by atoms with E-state index < -0.39 is 17.7 Å². The molecule has 0 saturated carbocycles. The summed E-state index contributed by atoms with van der Waals surface area (Å²) in [6, 6.07) is 9.65. The van der Waals surface area contributed by atoms with E-state index in [9.17, 15) is 13.9 Å². The number of anilines is 1. The van der Waals surface area contributed by atoms with E-state index in [1.54, 1.807) is 6.07 Å². The molecule has 3 N–H and O–H groups in total. The van der Waals surface area contributed by atoms with Crippen molar-refractivity contribution in [1.82, 2.24) is 0 Å². The molecule has 2 aromatic rings. The lowest BCUT2D eigenvalue weighted by molar-refractivity contribution is 0.220. The zero-order chi connectivity index (χ0) is 12.4. The molecule has 17 heavy (non-hydrogen) atoms. The molecule has 0 saturated heterocycles. The molecule has 1 atom stereocenters. The number of hydrogen-bond donors (Lipinski definition) is 2. The van der Waals surface area contributed by atoms with Crippen LogP contribution in [0.5, 0.6) is 0 Å². The van der Waals surface area contributed by atoms with E-state index >= 15 is 0 Å². The average Bonchev–Trinajstić information content (AvgIpc) is 2.32. The molecule has 0 bridgehead atoms. The van der Waals surface area contributed by atoms with Gasteiger partial charge in [-0.1, -0.05) is 24.3 Å². The van der Waals surface area contributed by atoms with Gasteiger partial charge in [0.15, 0.2) is 0 Å². The van der Waals surface area contributed by atoms with E-state index in [1.807, 2.05) is 0 Å². The van der Waals surface area contributed by atoms with Gasteiger partial charge in [0, 0.05) is 5.56 Å². The summed E-state index contributed by atoms with van der Waals surface area (Å²) in [6.07, 6.45) is -1.14. The zero-order valence-electron chi connectivity index (χ0n) is 8.90. The maximum absolute atomic E-state index is 13.2. The minimum Gasteiger partial charge on any atom is -0.396 e. The van der Waals surface area contributed by atoms with Crippen LogP contribution in [0.25, 0.3) is 0 Å². The van der Waals surface area contributed by atoms with Crippen LogP contribution < -0.4 is 5.73 Å². The number of benzene rings is 2. The number of aliphatic hydroxyl groups is 1. The van der Waals surface area contributed by atoms with Gasteiger partial charge in [0.2, 0.25) is 0 Å². The molecule has 0 aliphatic rings. The van der Waals surface area contributed by atoms with Crippen LogP contribution in [0.15, 0.2) is 42.5 Å². The van der Waals surface area contributed by atoms with Crippen LogP contribution in [0.4, 0.5) is 14.5 Å². The predicted octanol–water partition coefficient (Wildman–Crippen LogP) is 2.63. The molecule has 0 radical (unpaired) electrons. The maximum atomic E-state index is 13.2. The summed E-state index contributed by atoms with van der Waals surface area (Å²) < 4.78 is 26.2. The van der Waals surface area contributed by atoms with Crippen LogP contribution >= 0.6 is 0 Å². The molecular formula is C13H11F2NO. The number of rotatable bonds is 2. The van der Waals surface area contributed by atoms with Crippen molar-refractivity contribution in [2.45, 2.75) is 6.10 Å². The van der Waals surface area contributed by atoms with E-state index in [-0.39, 0.29) is 11.3 Å². The van der Waals surface area contributed by atoms with E-state index in [2.05, 4.69) is 0 Å². The standard InChI is InChI=1S/C13H11F2NO/c14-9-4-1-3-8(7-9)13(17)10-5-2-6-11(15)12(10)16/h1-7,13,17H,16H2. The first-order chi connectivity index (χ1) is 8.09. The average molecular weight is 235 g/mol. The number of para-hydroxylation sites is 1. The summed E-state index contributed by atoms with van der Waals surface area (Å²) in [4.78, 5) is 0. The molecule has 4 heteroatoms. The van der Waals surface area contributed by atoms with Crippen molar-refractivity contribution in [3.05, 3.63) is 65.2 Å². The quantitative estimate of drug-likeness (QED) is 0.786. The molecule has 0 spiro atoms. The normalized spacial score (nSPS) is 12.4. The highest BCUT2D eigenvalue weighted by molar-refractivity contribution is 5.51. The summed E-state index contributed by atoms with van der Waals surface area (Å²) in [5, 5.41) is 10.0. The zero-order valence-corrected chi connectivity index (χ0v) is 8.90. The fraction of sp³-hybridized carbons (Fsp3) is 0.0769. The van der Waals surface area contributed by atoms with Gasteiger partial charge in [0.25, 0.3) is 0 Å². The van der Waals surface area contributed by atoms with Gasteiger partial charge in [-0.3, -0.25) is 0 Å². The molecule has 2 aromatic carbocycles. The van der Waals surface area contributed by atoms with Crippen molar-refractivity contribution in [2.75, 3.05) is 5.73 Å². The highest BCUT2D eigenvalue weighted by Crippen LogP contribution is 2.28. The summed E-state index contributed by atoms with van der Waals surface area (Å²) >= 11 is 0. The van der Waals surface area contributed by atoms with Crippen molar-refractivity contribution < 1.29 is 13.9 Å². The van der Waals surface area contributed by atoms with Crippen LogP contribution in [-0.2, 0) is 0 Å². The minimum atomic E-state index is -1.14. The molecule has 2 nitrogen and oxygen atoms in total. The maximum Gasteiger partial charge on any atom is 0.146 e. The Balaban J connectivity index is 2.44. The molecule has 0 aliphatic carbocycles. The van der Waals surface area contributed by atoms with Gasteiger partial charge in [-0.05, 0) is 23.8 Å². The fourth-order valence-electron chi connectivity index (χ4n) is 1.65. The molecule has 88 valence electrons. The first-order valence-corrected chi connectivity index (χ1v) is 5.07. The third kappa shape index (κ3) is 2.26. The smallest absolute Gasteiger partial charge is 0.146 e. The Kier molecular flexibility index (Phi) is 3.06. The molecule has 0 heterocycles. The van der Waals surface area contributed by atoms with Crippen LogP contribution in [0.1, 0.15) is 17.2 Å². The van der Waals surface area contributed by atoms with Crippen molar-refractivity contribution in [3.63, 3.8) is 0 Å². The first-order valence-electron chi connectivity index (χ1n) is 5.07. The summed E-state index contributed by atoms with van der Waals surface area (Å²) in [5.41, 5.74) is 5.98. The van der Waals surface area contributed by atoms with Gasteiger partial charge in [0.05, 0.1) is 5.69 Å². The predicted molar refractivity (Wildman–Crippen MR) is 61.3 cm³/mol.